The van der Waals surface area contributed by atoms with Crippen LogP contribution < -0.4 is 5.32 Å². The average Bonchev–Trinajstić information content (AvgIpc) is 2.78. The van der Waals surface area contributed by atoms with Crippen LogP contribution in [-0.4, -0.2) is 26.1 Å². The van der Waals surface area contributed by atoms with Crippen molar-refractivity contribution in [3.05, 3.63) is 28.3 Å². The molecule has 2 aromatic heterocycles. The number of aromatic nitrogens is 4. The van der Waals surface area contributed by atoms with E-state index in [0.717, 1.165) is 0 Å². The first-order chi connectivity index (χ1) is 7.16. The fourth-order valence-electron chi connectivity index (χ4n) is 0.967. The third-order valence-corrected chi connectivity index (χ3v) is 2.31. The van der Waals surface area contributed by atoms with Crippen molar-refractivity contribution >= 4 is 35.1 Å². The summed E-state index contributed by atoms with van der Waals surface area (Å²) < 4.78 is 0. The highest BCUT2D eigenvalue weighted by Gasteiger charge is 2.12. The number of halogens is 2. The molecule has 1 amide bonds. The van der Waals surface area contributed by atoms with Gasteiger partial charge in [0.2, 0.25) is 5.95 Å². The lowest BCUT2D eigenvalue weighted by Gasteiger charge is -1.97. The summed E-state index contributed by atoms with van der Waals surface area (Å²) in [6, 6.07) is 1.43. The van der Waals surface area contributed by atoms with Crippen molar-refractivity contribution < 1.29 is 4.79 Å². The van der Waals surface area contributed by atoms with E-state index >= 15 is 0 Å². The number of carbonyl (C=O) groups excluding carboxylic acids is 1. The Kier molecular flexibility index (Phi) is 2.61. The number of hydrogen-bond donors (Lipinski definition) is 3. The number of nitrogens with one attached hydrogen (secondary N) is 3. The third-order valence-electron chi connectivity index (χ3n) is 1.62. The van der Waals surface area contributed by atoms with Crippen molar-refractivity contribution in [1.82, 2.24) is 20.2 Å². The predicted octanol–water partition coefficient (Wildman–Crippen LogP) is 1.69. The van der Waals surface area contributed by atoms with Crippen LogP contribution in [-0.2, 0) is 0 Å². The molecule has 6 nitrogen and oxygen atoms in total. The number of carbonyl (C=O) groups is 1. The molecule has 0 aliphatic carbocycles. The Labute approximate surface area is 94.0 Å². The van der Waals surface area contributed by atoms with Crippen molar-refractivity contribution in [2.24, 2.45) is 0 Å². The van der Waals surface area contributed by atoms with Gasteiger partial charge in [0.1, 0.15) is 17.2 Å². The molecule has 8 heteroatoms. The third kappa shape index (κ3) is 2.11. The Morgan fingerprint density at radius 2 is 2.27 bits per heavy atom. The number of anilines is 1. The van der Waals surface area contributed by atoms with E-state index in [2.05, 4.69) is 25.5 Å². The summed E-state index contributed by atoms with van der Waals surface area (Å²) in [5, 5.41) is 9.04. The zero-order valence-corrected chi connectivity index (χ0v) is 8.73. The van der Waals surface area contributed by atoms with E-state index in [4.69, 9.17) is 23.2 Å². The highest BCUT2D eigenvalue weighted by atomic mass is 35.5. The first-order valence-corrected chi connectivity index (χ1v) is 4.63. The van der Waals surface area contributed by atoms with Crippen molar-refractivity contribution in [1.29, 1.82) is 0 Å². The molecule has 0 spiro atoms. The molecule has 78 valence electrons. The summed E-state index contributed by atoms with van der Waals surface area (Å²) in [5.41, 5.74) is 0.251. The topological polar surface area (TPSA) is 86.5 Å². The highest BCUT2D eigenvalue weighted by Crippen LogP contribution is 2.21. The maximum atomic E-state index is 11.5. The summed E-state index contributed by atoms with van der Waals surface area (Å²) in [5.74, 6) is -0.151. The zero-order valence-electron chi connectivity index (χ0n) is 7.21. The van der Waals surface area contributed by atoms with Crippen LogP contribution in [0.3, 0.4) is 0 Å². The molecule has 0 fully saturated rings. The van der Waals surface area contributed by atoms with Gasteiger partial charge in [-0.2, -0.15) is 10.1 Å². The largest absolute Gasteiger partial charge is 0.340 e. The van der Waals surface area contributed by atoms with Gasteiger partial charge in [-0.25, -0.2) is 5.10 Å². The minimum Gasteiger partial charge on any atom is -0.340 e. The van der Waals surface area contributed by atoms with E-state index in [-0.39, 0.29) is 16.8 Å². The van der Waals surface area contributed by atoms with Crippen LogP contribution in [0.25, 0.3) is 0 Å². The Hall–Kier alpha value is -1.53. The van der Waals surface area contributed by atoms with Crippen LogP contribution in [0.1, 0.15) is 10.5 Å². The second-order valence-corrected chi connectivity index (χ2v) is 3.42. The first kappa shape index (κ1) is 10.0. The molecule has 0 aliphatic rings. The summed E-state index contributed by atoms with van der Waals surface area (Å²) >= 11 is 11.3. The fraction of sp³-hybridized carbons (Fsp3) is 0. The van der Waals surface area contributed by atoms with Gasteiger partial charge in [0.15, 0.2) is 0 Å². The van der Waals surface area contributed by atoms with Gasteiger partial charge in [0.05, 0.1) is 5.02 Å². The van der Waals surface area contributed by atoms with Gasteiger partial charge in [-0.15, -0.1) is 0 Å². The van der Waals surface area contributed by atoms with E-state index in [0.29, 0.717) is 5.02 Å². The molecule has 2 rings (SSSR count). The monoisotopic (exact) mass is 245 g/mol. The lowest BCUT2D eigenvalue weighted by Crippen LogP contribution is -2.13. The second-order valence-electron chi connectivity index (χ2n) is 2.63. The molecule has 2 aromatic rings. The minimum absolute atomic E-state index is 0.222. The van der Waals surface area contributed by atoms with Gasteiger partial charge >= 0.3 is 0 Å². The number of aromatic amines is 2. The quantitative estimate of drug-likeness (QED) is 0.753. The standard InChI is InChI=1S/C7H5Cl2N5O/c8-3-1-4(12-5(3)9)6(15)13-7-10-2-11-14-7/h1-2,12H,(H2,10,11,13,14,15). The van der Waals surface area contributed by atoms with E-state index in [1.54, 1.807) is 0 Å². The molecular weight excluding hydrogens is 241 g/mol. The molecule has 0 unspecified atom stereocenters. The Bertz CT molecular complexity index is 458. The molecule has 0 saturated heterocycles. The molecular formula is C7H5Cl2N5O. The number of nitrogens with zero attached hydrogens (tertiary/aromatic N) is 2. The second kappa shape index (κ2) is 3.92. The van der Waals surface area contributed by atoms with Crippen LogP contribution >= 0.6 is 23.2 Å². The van der Waals surface area contributed by atoms with Crippen LogP contribution in [0, 0.1) is 0 Å². The number of amides is 1. The van der Waals surface area contributed by atoms with Crippen molar-refractivity contribution in [3.8, 4) is 0 Å². The van der Waals surface area contributed by atoms with E-state index < -0.39 is 5.91 Å². The van der Waals surface area contributed by atoms with E-state index in [9.17, 15) is 4.79 Å². The number of hydrogen-bond acceptors (Lipinski definition) is 3. The molecule has 2 heterocycles. The van der Waals surface area contributed by atoms with Crippen LogP contribution in [0.2, 0.25) is 10.2 Å². The van der Waals surface area contributed by atoms with Crippen molar-refractivity contribution in [2.45, 2.75) is 0 Å². The first-order valence-electron chi connectivity index (χ1n) is 3.87. The Balaban J connectivity index is 2.15. The average molecular weight is 246 g/mol. The van der Waals surface area contributed by atoms with Gasteiger partial charge in [-0.1, -0.05) is 23.2 Å². The van der Waals surface area contributed by atoms with Gasteiger partial charge in [-0.05, 0) is 6.07 Å². The van der Waals surface area contributed by atoms with Crippen molar-refractivity contribution in [2.75, 3.05) is 5.32 Å². The highest BCUT2D eigenvalue weighted by molar-refractivity contribution is 6.41. The zero-order chi connectivity index (χ0) is 10.8. The number of H-pyrrole nitrogens is 2. The SMILES string of the molecule is O=C(Nc1ncn[nH]1)c1cc(Cl)c(Cl)[nH]1. The molecule has 3 N–H and O–H groups in total. The van der Waals surface area contributed by atoms with Gasteiger partial charge in [0.25, 0.3) is 5.91 Å². The molecule has 0 saturated carbocycles. The Morgan fingerprint density at radius 1 is 1.47 bits per heavy atom. The Morgan fingerprint density at radius 3 is 2.80 bits per heavy atom. The smallest absolute Gasteiger partial charge is 0.274 e. The minimum atomic E-state index is -0.402. The fourth-order valence-corrected chi connectivity index (χ4v) is 1.28. The van der Waals surface area contributed by atoms with E-state index in [1.165, 1.54) is 12.4 Å². The number of rotatable bonds is 2. The molecule has 0 aliphatic heterocycles. The van der Waals surface area contributed by atoms with Gasteiger partial charge < -0.3 is 4.98 Å². The molecule has 0 atom stereocenters. The normalized spacial score (nSPS) is 10.3. The molecule has 0 bridgehead atoms. The summed E-state index contributed by atoms with van der Waals surface area (Å²) in [6.45, 7) is 0. The lowest BCUT2D eigenvalue weighted by molar-refractivity contribution is 0.102. The van der Waals surface area contributed by atoms with Gasteiger partial charge in [-0.3, -0.25) is 10.1 Å². The maximum absolute atomic E-state index is 11.5. The van der Waals surface area contributed by atoms with E-state index in [1.807, 2.05) is 0 Å². The molecule has 0 radical (unpaired) electrons. The predicted molar refractivity (Wildman–Crippen MR) is 55.1 cm³/mol. The summed E-state index contributed by atoms with van der Waals surface area (Å²) in [7, 11) is 0. The van der Waals surface area contributed by atoms with Crippen LogP contribution in [0.5, 0.6) is 0 Å². The van der Waals surface area contributed by atoms with Crippen LogP contribution in [0.4, 0.5) is 5.95 Å². The summed E-state index contributed by atoms with van der Waals surface area (Å²) in [4.78, 5) is 17.9. The van der Waals surface area contributed by atoms with Crippen molar-refractivity contribution in [3.63, 3.8) is 0 Å². The lowest BCUT2D eigenvalue weighted by atomic mass is 10.4. The van der Waals surface area contributed by atoms with Gasteiger partial charge in [0, 0.05) is 0 Å². The summed E-state index contributed by atoms with van der Waals surface area (Å²) in [6.07, 6.45) is 1.28. The maximum Gasteiger partial charge on any atom is 0.274 e. The molecule has 0 aromatic carbocycles. The molecule has 15 heavy (non-hydrogen) atoms. The van der Waals surface area contributed by atoms with Crippen LogP contribution in [0.15, 0.2) is 12.4 Å².